The average Bonchev–Trinajstić information content (AvgIpc) is 2.34. The van der Waals surface area contributed by atoms with Crippen LogP contribution in [0, 0.1) is 0 Å². The molecule has 0 unspecified atom stereocenters. The van der Waals surface area contributed by atoms with E-state index in [2.05, 4.69) is 0 Å². The Bertz CT molecular complexity index is 535. The molecule has 0 radical (unpaired) electrons. The summed E-state index contributed by atoms with van der Waals surface area (Å²) in [5.41, 5.74) is 0.559. The average molecular weight is 286 g/mol. The molecule has 19 heavy (non-hydrogen) atoms. The van der Waals surface area contributed by atoms with E-state index < -0.39 is 10.1 Å². The normalized spacial score (nSPS) is 11.6. The van der Waals surface area contributed by atoms with Gasteiger partial charge in [-0.05, 0) is 24.3 Å². The number of hydrazine groups is 1. The number of hydrogen-bond acceptors (Lipinski definition) is 4. The van der Waals surface area contributed by atoms with Crippen molar-refractivity contribution in [3.8, 4) is 0 Å². The minimum atomic E-state index is -4.21. The van der Waals surface area contributed by atoms with Crippen molar-refractivity contribution in [2.45, 2.75) is 25.7 Å². The van der Waals surface area contributed by atoms with Gasteiger partial charge in [-0.2, -0.15) is 8.42 Å². The lowest BCUT2D eigenvalue weighted by Gasteiger charge is -2.32. The molecule has 1 amide bonds. The Hall–Kier alpha value is -1.44. The number of hydrogen-bond donors (Lipinski definition) is 1. The summed E-state index contributed by atoms with van der Waals surface area (Å²) in [5.74, 6) is -0.164. The zero-order valence-corrected chi connectivity index (χ0v) is 12.0. The smallest absolute Gasteiger partial charge is 0.282 e. The third-order valence-electron chi connectivity index (χ3n) is 2.69. The fourth-order valence-corrected chi connectivity index (χ4v) is 2.29. The largest absolute Gasteiger partial charge is 0.294 e. The summed E-state index contributed by atoms with van der Waals surface area (Å²) >= 11 is 0. The molecule has 0 saturated carbocycles. The topological polar surface area (TPSA) is 77.9 Å². The zero-order chi connectivity index (χ0) is 14.6. The predicted octanol–water partition coefficient (Wildman–Crippen LogP) is 1.54. The molecule has 0 aliphatic heterocycles. The molecule has 1 N–H and O–H groups in total. The molecule has 0 fully saturated rings. The summed E-state index contributed by atoms with van der Waals surface area (Å²) in [6.45, 7) is 6.58. The van der Waals surface area contributed by atoms with Crippen molar-refractivity contribution < 1.29 is 17.8 Å². The number of carbonyl (C=O) groups is 1. The van der Waals surface area contributed by atoms with Crippen LogP contribution in [0.25, 0.3) is 0 Å². The van der Waals surface area contributed by atoms with Crippen molar-refractivity contribution in [2.75, 3.05) is 18.1 Å². The standard InChI is InChI=1S/C12H18N2O4S/c1-4-13(5-2)14(10(3)15)11-6-8-12(9-7-11)19(16,17)18/h6-9H,4-5H2,1-3H3,(H,16,17,18). The Morgan fingerprint density at radius 3 is 1.95 bits per heavy atom. The van der Waals surface area contributed by atoms with E-state index in [9.17, 15) is 13.2 Å². The van der Waals surface area contributed by atoms with E-state index in [4.69, 9.17) is 4.55 Å². The number of anilines is 1. The molecule has 0 aliphatic carbocycles. The molecule has 0 bridgehead atoms. The van der Waals surface area contributed by atoms with Gasteiger partial charge in [0.1, 0.15) is 0 Å². The number of amides is 1. The van der Waals surface area contributed by atoms with Crippen molar-refractivity contribution in [1.82, 2.24) is 5.01 Å². The minimum absolute atomic E-state index is 0.164. The van der Waals surface area contributed by atoms with Crippen LogP contribution in [0.4, 0.5) is 5.69 Å². The summed E-state index contributed by atoms with van der Waals surface area (Å²) in [6.07, 6.45) is 0. The molecule has 106 valence electrons. The van der Waals surface area contributed by atoms with Crippen LogP contribution >= 0.6 is 0 Å². The van der Waals surface area contributed by atoms with E-state index in [1.807, 2.05) is 18.9 Å². The highest BCUT2D eigenvalue weighted by Crippen LogP contribution is 2.19. The third kappa shape index (κ3) is 3.76. The maximum atomic E-state index is 11.7. The van der Waals surface area contributed by atoms with E-state index in [-0.39, 0.29) is 10.8 Å². The van der Waals surface area contributed by atoms with Crippen LogP contribution in [0.3, 0.4) is 0 Å². The van der Waals surface area contributed by atoms with Crippen LogP contribution in [-0.4, -0.2) is 37.0 Å². The van der Waals surface area contributed by atoms with Gasteiger partial charge < -0.3 is 0 Å². The second-order valence-electron chi connectivity index (χ2n) is 3.94. The molecule has 0 aliphatic rings. The maximum absolute atomic E-state index is 11.7. The highest BCUT2D eigenvalue weighted by Gasteiger charge is 2.18. The quantitative estimate of drug-likeness (QED) is 0.656. The second-order valence-corrected chi connectivity index (χ2v) is 5.36. The molecule has 0 heterocycles. The van der Waals surface area contributed by atoms with Gasteiger partial charge in [0, 0.05) is 20.0 Å². The molecule has 0 atom stereocenters. The van der Waals surface area contributed by atoms with Gasteiger partial charge in [-0.15, -0.1) is 0 Å². The lowest BCUT2D eigenvalue weighted by molar-refractivity contribution is -0.119. The summed E-state index contributed by atoms with van der Waals surface area (Å²) in [6, 6.07) is 5.51. The van der Waals surface area contributed by atoms with Crippen molar-refractivity contribution in [3.05, 3.63) is 24.3 Å². The molecule has 0 saturated heterocycles. The van der Waals surface area contributed by atoms with Crippen LogP contribution in [0.2, 0.25) is 0 Å². The Morgan fingerprint density at radius 2 is 1.63 bits per heavy atom. The van der Waals surface area contributed by atoms with Crippen molar-refractivity contribution in [1.29, 1.82) is 0 Å². The second kappa shape index (κ2) is 6.14. The first kappa shape index (κ1) is 15.6. The van der Waals surface area contributed by atoms with Crippen LogP contribution in [0.1, 0.15) is 20.8 Å². The monoisotopic (exact) mass is 286 g/mol. The Labute approximate surface area is 113 Å². The van der Waals surface area contributed by atoms with E-state index in [1.165, 1.54) is 36.2 Å². The van der Waals surface area contributed by atoms with Gasteiger partial charge in [0.05, 0.1) is 10.6 Å². The summed E-state index contributed by atoms with van der Waals surface area (Å²) in [5, 5.41) is 3.30. The molecule has 1 aromatic carbocycles. The number of nitrogens with zero attached hydrogens (tertiary/aromatic N) is 2. The van der Waals surface area contributed by atoms with Gasteiger partial charge in [0.15, 0.2) is 0 Å². The first-order valence-electron chi connectivity index (χ1n) is 5.94. The summed E-state index contributed by atoms with van der Waals surface area (Å²) in [4.78, 5) is 11.5. The summed E-state index contributed by atoms with van der Waals surface area (Å²) in [7, 11) is -4.21. The molecule has 1 aromatic rings. The van der Waals surface area contributed by atoms with Crippen LogP contribution in [-0.2, 0) is 14.9 Å². The Balaban J connectivity index is 3.15. The van der Waals surface area contributed by atoms with Crippen molar-refractivity contribution >= 4 is 21.7 Å². The van der Waals surface area contributed by atoms with E-state index in [0.29, 0.717) is 18.8 Å². The molecule has 7 heteroatoms. The highest BCUT2D eigenvalue weighted by atomic mass is 32.2. The Kier molecular flexibility index (Phi) is 5.04. The van der Waals surface area contributed by atoms with Crippen LogP contribution < -0.4 is 5.01 Å². The van der Waals surface area contributed by atoms with Crippen LogP contribution in [0.5, 0.6) is 0 Å². The first-order valence-corrected chi connectivity index (χ1v) is 7.38. The van der Waals surface area contributed by atoms with Crippen LogP contribution in [0.15, 0.2) is 29.2 Å². The molecular weight excluding hydrogens is 268 g/mol. The first-order chi connectivity index (χ1) is 8.81. The van der Waals surface area contributed by atoms with Gasteiger partial charge in [-0.25, -0.2) is 10.0 Å². The Morgan fingerprint density at radius 1 is 1.16 bits per heavy atom. The van der Waals surface area contributed by atoms with Gasteiger partial charge in [0.2, 0.25) is 5.91 Å². The van der Waals surface area contributed by atoms with E-state index >= 15 is 0 Å². The van der Waals surface area contributed by atoms with Gasteiger partial charge in [0.25, 0.3) is 10.1 Å². The highest BCUT2D eigenvalue weighted by molar-refractivity contribution is 7.85. The number of rotatable bonds is 5. The molecule has 0 aromatic heterocycles. The van der Waals surface area contributed by atoms with Crippen molar-refractivity contribution in [2.24, 2.45) is 0 Å². The van der Waals surface area contributed by atoms with Gasteiger partial charge in [-0.1, -0.05) is 13.8 Å². The number of benzene rings is 1. The zero-order valence-electron chi connectivity index (χ0n) is 11.2. The number of carbonyl (C=O) groups excluding carboxylic acids is 1. The van der Waals surface area contributed by atoms with Crippen molar-refractivity contribution in [3.63, 3.8) is 0 Å². The molecular formula is C12H18N2O4S. The minimum Gasteiger partial charge on any atom is -0.282 e. The molecule has 6 nitrogen and oxygen atoms in total. The van der Waals surface area contributed by atoms with Gasteiger partial charge >= 0.3 is 0 Å². The van der Waals surface area contributed by atoms with E-state index in [0.717, 1.165) is 0 Å². The maximum Gasteiger partial charge on any atom is 0.294 e. The molecule has 0 spiro atoms. The lowest BCUT2D eigenvalue weighted by atomic mass is 10.3. The fraction of sp³-hybridized carbons (Fsp3) is 0.417. The SMILES string of the molecule is CCN(CC)N(C(C)=O)c1ccc(S(=O)(=O)O)cc1. The van der Waals surface area contributed by atoms with Gasteiger partial charge in [-0.3, -0.25) is 9.35 Å². The lowest BCUT2D eigenvalue weighted by Crippen LogP contribution is -2.45. The fourth-order valence-electron chi connectivity index (χ4n) is 1.81. The van der Waals surface area contributed by atoms with E-state index in [1.54, 1.807) is 0 Å². The predicted molar refractivity (Wildman–Crippen MR) is 72.3 cm³/mol. The third-order valence-corrected chi connectivity index (χ3v) is 3.56. The summed E-state index contributed by atoms with van der Waals surface area (Å²) < 4.78 is 30.8. The molecule has 1 rings (SSSR count).